The van der Waals surface area contributed by atoms with E-state index in [1.807, 2.05) is 12.1 Å². The van der Waals surface area contributed by atoms with Crippen LogP contribution < -0.4 is 5.32 Å². The van der Waals surface area contributed by atoms with Crippen LogP contribution >= 0.6 is 23.2 Å². The number of anilines is 1. The minimum Gasteiger partial charge on any atom is -0.306 e. The monoisotopic (exact) mass is 471 g/mol. The smallest absolute Gasteiger partial charge is 0.306 e. The van der Waals surface area contributed by atoms with Crippen LogP contribution in [0.15, 0.2) is 36.5 Å². The molecule has 1 aliphatic carbocycles. The molecule has 1 N–H and O–H groups in total. The molecule has 6 nitrogen and oxygen atoms in total. The fourth-order valence-corrected chi connectivity index (χ4v) is 3.54. The summed E-state index contributed by atoms with van der Waals surface area (Å²) in [5, 5.41) is 11.3. The van der Waals surface area contributed by atoms with Gasteiger partial charge in [0, 0.05) is 22.8 Å². The van der Waals surface area contributed by atoms with Gasteiger partial charge < -0.3 is 5.32 Å². The predicted octanol–water partition coefficient (Wildman–Crippen LogP) is 5.53. The van der Waals surface area contributed by atoms with E-state index in [1.54, 1.807) is 23.0 Å². The molecule has 1 atom stereocenters. The molecule has 0 saturated heterocycles. The van der Waals surface area contributed by atoms with Gasteiger partial charge in [-0.3, -0.25) is 14.2 Å². The van der Waals surface area contributed by atoms with Crippen molar-refractivity contribution < 1.29 is 18.0 Å². The molecule has 0 bridgehead atoms. The number of hydrogen-bond acceptors (Lipinski definition) is 3. The number of benzene rings is 1. The lowest BCUT2D eigenvalue weighted by molar-refractivity contribution is -0.141. The summed E-state index contributed by atoms with van der Waals surface area (Å²) >= 11 is 12.1. The molecule has 1 aromatic carbocycles. The van der Waals surface area contributed by atoms with Gasteiger partial charge in [-0.1, -0.05) is 35.3 Å². The Hall–Kier alpha value is -2.52. The summed E-state index contributed by atoms with van der Waals surface area (Å²) < 4.78 is 42.1. The van der Waals surface area contributed by atoms with Gasteiger partial charge in [-0.15, -0.1) is 0 Å². The van der Waals surface area contributed by atoms with Gasteiger partial charge in [0.15, 0.2) is 11.5 Å². The van der Waals surface area contributed by atoms with Crippen molar-refractivity contribution in [2.75, 3.05) is 5.32 Å². The highest BCUT2D eigenvalue weighted by Crippen LogP contribution is 2.43. The van der Waals surface area contributed by atoms with Crippen LogP contribution in [0.5, 0.6) is 0 Å². The summed E-state index contributed by atoms with van der Waals surface area (Å²) in [5.74, 6) is -0.443. The van der Waals surface area contributed by atoms with E-state index in [1.165, 1.54) is 6.92 Å². The first kappa shape index (κ1) is 21.7. The second-order valence-electron chi connectivity index (χ2n) is 7.49. The second kappa shape index (κ2) is 8.20. The number of halogens is 5. The highest BCUT2D eigenvalue weighted by Gasteiger charge is 2.39. The third-order valence-electron chi connectivity index (χ3n) is 5.01. The average molecular weight is 472 g/mol. The Kier molecular flexibility index (Phi) is 5.74. The molecule has 2 heterocycles. The van der Waals surface area contributed by atoms with Crippen molar-refractivity contribution in [2.45, 2.75) is 44.4 Å². The zero-order valence-corrected chi connectivity index (χ0v) is 17.8. The van der Waals surface area contributed by atoms with Gasteiger partial charge in [-0.05, 0) is 43.5 Å². The van der Waals surface area contributed by atoms with Crippen LogP contribution in [0.3, 0.4) is 0 Å². The Morgan fingerprint density at radius 2 is 1.90 bits per heavy atom. The molecule has 1 aliphatic rings. The molecule has 3 aromatic rings. The van der Waals surface area contributed by atoms with Gasteiger partial charge in [-0.2, -0.15) is 23.4 Å². The number of nitrogens with one attached hydrogen (secondary N) is 1. The third-order valence-corrected chi connectivity index (χ3v) is 5.54. The van der Waals surface area contributed by atoms with Crippen molar-refractivity contribution in [2.24, 2.45) is 0 Å². The maximum absolute atomic E-state index is 13.1. The second-order valence-corrected chi connectivity index (χ2v) is 8.33. The summed E-state index contributed by atoms with van der Waals surface area (Å²) in [5.41, 5.74) is 0.341. The quantitative estimate of drug-likeness (QED) is 0.513. The first-order chi connectivity index (χ1) is 14.6. The molecule has 0 aliphatic heterocycles. The number of nitrogens with zero attached hydrogens (tertiary/aromatic N) is 4. The molecule has 1 amide bonds. The van der Waals surface area contributed by atoms with E-state index < -0.39 is 23.8 Å². The van der Waals surface area contributed by atoms with Crippen LogP contribution in [-0.2, 0) is 17.5 Å². The number of aromatic nitrogens is 4. The Morgan fingerprint density at radius 1 is 1.23 bits per heavy atom. The van der Waals surface area contributed by atoms with Gasteiger partial charge in [0.25, 0.3) is 0 Å². The predicted molar refractivity (Wildman–Crippen MR) is 110 cm³/mol. The molecule has 1 unspecified atom stereocenters. The van der Waals surface area contributed by atoms with Crippen LogP contribution in [0.25, 0.3) is 0 Å². The fourth-order valence-electron chi connectivity index (χ4n) is 3.21. The van der Waals surface area contributed by atoms with E-state index in [0.717, 1.165) is 29.2 Å². The van der Waals surface area contributed by atoms with Gasteiger partial charge in [-0.25, -0.2) is 0 Å². The molecule has 0 radical (unpaired) electrons. The van der Waals surface area contributed by atoms with E-state index in [0.29, 0.717) is 17.3 Å². The number of hydrogen-bond donors (Lipinski definition) is 1. The molecule has 0 spiro atoms. The molecular weight excluding hydrogens is 454 g/mol. The van der Waals surface area contributed by atoms with E-state index in [2.05, 4.69) is 15.5 Å². The van der Waals surface area contributed by atoms with Crippen LogP contribution in [-0.4, -0.2) is 25.5 Å². The maximum Gasteiger partial charge on any atom is 0.435 e. The Labute approximate surface area is 185 Å². The van der Waals surface area contributed by atoms with E-state index >= 15 is 0 Å². The van der Waals surface area contributed by atoms with Gasteiger partial charge >= 0.3 is 6.18 Å². The summed E-state index contributed by atoms with van der Waals surface area (Å²) in [4.78, 5) is 12.7. The largest absolute Gasteiger partial charge is 0.435 e. The van der Waals surface area contributed by atoms with Crippen molar-refractivity contribution in [1.29, 1.82) is 0 Å². The van der Waals surface area contributed by atoms with Crippen molar-refractivity contribution in [3.63, 3.8) is 0 Å². The SMILES string of the molecule is CC(C(=O)Nc1nn(Cc2ccc(Cl)cc2)cc1Cl)n1nc(C(F)(F)F)cc1C1CC1. The molecular formula is C20H18Cl2F3N5O. The summed E-state index contributed by atoms with van der Waals surface area (Å²) in [6.07, 6.45) is -1.47. The van der Waals surface area contributed by atoms with Crippen LogP contribution in [0.4, 0.5) is 19.0 Å². The van der Waals surface area contributed by atoms with Gasteiger partial charge in [0.05, 0.1) is 6.54 Å². The minimum atomic E-state index is -4.57. The molecule has 164 valence electrons. The molecule has 4 rings (SSSR count). The molecule has 11 heteroatoms. The lowest BCUT2D eigenvalue weighted by Gasteiger charge is -2.15. The lowest BCUT2D eigenvalue weighted by atomic mass is 10.2. The van der Waals surface area contributed by atoms with Crippen molar-refractivity contribution in [1.82, 2.24) is 19.6 Å². The van der Waals surface area contributed by atoms with Gasteiger partial charge in [0.2, 0.25) is 5.91 Å². The first-order valence-corrected chi connectivity index (χ1v) is 10.3. The molecule has 31 heavy (non-hydrogen) atoms. The Balaban J connectivity index is 1.50. The molecule has 1 fully saturated rings. The average Bonchev–Trinajstić information content (AvgIpc) is 3.35. The van der Waals surface area contributed by atoms with Crippen LogP contribution in [0.2, 0.25) is 10.0 Å². The number of amides is 1. The van der Waals surface area contributed by atoms with Crippen molar-refractivity contribution in [3.8, 4) is 0 Å². The summed E-state index contributed by atoms with van der Waals surface area (Å²) in [6.45, 7) is 1.90. The summed E-state index contributed by atoms with van der Waals surface area (Å²) in [7, 11) is 0. The van der Waals surface area contributed by atoms with Gasteiger partial charge in [0.1, 0.15) is 11.1 Å². The number of alkyl halides is 3. The van der Waals surface area contributed by atoms with Crippen molar-refractivity contribution >= 4 is 34.9 Å². The third kappa shape index (κ3) is 4.88. The van der Waals surface area contributed by atoms with Crippen molar-refractivity contribution in [3.05, 3.63) is 63.5 Å². The minimum absolute atomic E-state index is 0.0129. The Bertz CT molecular complexity index is 1100. The highest BCUT2D eigenvalue weighted by molar-refractivity contribution is 6.33. The first-order valence-electron chi connectivity index (χ1n) is 9.56. The van der Waals surface area contributed by atoms with E-state index in [4.69, 9.17) is 23.2 Å². The normalized spacial score (nSPS) is 15.2. The van der Waals surface area contributed by atoms with E-state index in [9.17, 15) is 18.0 Å². The number of carbonyl (C=O) groups excluding carboxylic acids is 1. The number of rotatable bonds is 6. The van der Waals surface area contributed by atoms with E-state index in [-0.39, 0.29) is 16.8 Å². The van der Waals surface area contributed by atoms with Crippen LogP contribution in [0, 0.1) is 0 Å². The fraction of sp³-hybridized carbons (Fsp3) is 0.350. The summed E-state index contributed by atoms with van der Waals surface area (Å²) in [6, 6.07) is 7.24. The maximum atomic E-state index is 13.1. The molecule has 1 saturated carbocycles. The number of carbonyl (C=O) groups is 1. The topological polar surface area (TPSA) is 64.7 Å². The zero-order chi connectivity index (χ0) is 22.3. The standard InChI is InChI=1S/C20H18Cl2F3N5O/c1-11(30-16(13-4-5-13)8-17(27-30)20(23,24)25)19(31)26-18-15(22)10-29(28-18)9-12-2-6-14(21)7-3-12/h2-3,6-8,10-11,13H,4-5,9H2,1H3,(H,26,28,31). The highest BCUT2D eigenvalue weighted by atomic mass is 35.5. The van der Waals surface area contributed by atoms with Crippen LogP contribution in [0.1, 0.15) is 48.7 Å². The Morgan fingerprint density at radius 3 is 2.52 bits per heavy atom. The molecule has 2 aromatic heterocycles. The lowest BCUT2D eigenvalue weighted by Crippen LogP contribution is -2.26. The zero-order valence-electron chi connectivity index (χ0n) is 16.3.